The molecular formula is C67H110O16P2. The van der Waals surface area contributed by atoms with Gasteiger partial charge in [-0.3, -0.25) is 32.5 Å². The second kappa shape index (κ2) is 60.0. The van der Waals surface area contributed by atoms with E-state index in [1.54, 1.807) is 0 Å². The number of carbonyl (C=O) groups excluding carboxylic acids is 3. The van der Waals surface area contributed by atoms with Crippen molar-refractivity contribution in [2.75, 3.05) is 39.6 Å². The molecule has 0 fully saturated rings. The Bertz CT molecular complexity index is 2090. The van der Waals surface area contributed by atoms with Crippen LogP contribution in [0.4, 0.5) is 0 Å². The highest BCUT2D eigenvalue weighted by molar-refractivity contribution is 7.47. The van der Waals surface area contributed by atoms with Crippen LogP contribution in [0.15, 0.2) is 134 Å². The highest BCUT2D eigenvalue weighted by Gasteiger charge is 2.29. The summed E-state index contributed by atoms with van der Waals surface area (Å²) in [6.45, 7) is 2.26. The van der Waals surface area contributed by atoms with E-state index < -0.39 is 91.5 Å². The maximum absolute atomic E-state index is 12.9. The van der Waals surface area contributed by atoms with Crippen LogP contribution in [0.25, 0.3) is 0 Å². The third-order valence-corrected chi connectivity index (χ3v) is 14.2. The molecule has 0 rings (SSSR count). The number of hydrogen-bond acceptors (Lipinski definition) is 14. The maximum atomic E-state index is 12.9. The second-order valence-electron chi connectivity index (χ2n) is 20.4. The van der Waals surface area contributed by atoms with E-state index in [2.05, 4.69) is 142 Å². The summed E-state index contributed by atoms with van der Waals surface area (Å²) in [7, 11) is -9.80. The van der Waals surface area contributed by atoms with E-state index in [4.69, 9.17) is 32.3 Å². The Morgan fingerprint density at radius 3 is 1.06 bits per heavy atom. The number of aliphatic hydroxyl groups is 2. The Balaban J connectivity index is 4.76. The normalized spacial score (nSPS) is 15.2. The minimum absolute atomic E-state index is 0.0774. The van der Waals surface area contributed by atoms with Crippen molar-refractivity contribution in [1.29, 1.82) is 0 Å². The lowest BCUT2D eigenvalue weighted by atomic mass is 10.1. The first-order valence-corrected chi connectivity index (χ1v) is 34.5. The molecule has 5 unspecified atom stereocenters. The zero-order valence-corrected chi connectivity index (χ0v) is 53.8. The van der Waals surface area contributed by atoms with Crippen LogP contribution < -0.4 is 0 Å². The van der Waals surface area contributed by atoms with Crippen molar-refractivity contribution >= 4 is 33.6 Å². The zero-order valence-electron chi connectivity index (χ0n) is 52.0. The van der Waals surface area contributed by atoms with Crippen LogP contribution in [0.3, 0.4) is 0 Å². The molecule has 18 heteroatoms. The molecule has 0 aromatic carbocycles. The molecule has 16 nitrogen and oxygen atoms in total. The van der Waals surface area contributed by atoms with E-state index in [-0.39, 0.29) is 19.3 Å². The lowest BCUT2D eigenvalue weighted by molar-refractivity contribution is -0.161. The highest BCUT2D eigenvalue weighted by atomic mass is 31.2. The van der Waals surface area contributed by atoms with Gasteiger partial charge in [0, 0.05) is 19.3 Å². The number of rotatable bonds is 58. The number of aliphatic hydroxyl groups excluding tert-OH is 2. The quantitative estimate of drug-likeness (QED) is 0.0146. The number of allylic oxidation sites excluding steroid dienone is 22. The van der Waals surface area contributed by atoms with E-state index in [9.17, 15) is 43.5 Å². The molecule has 0 bridgehead atoms. The molecule has 0 aromatic rings. The molecule has 85 heavy (non-hydrogen) atoms. The zero-order chi connectivity index (χ0) is 62.4. The van der Waals surface area contributed by atoms with Gasteiger partial charge in [0.2, 0.25) is 0 Å². The third kappa shape index (κ3) is 61.1. The number of esters is 3. The summed E-state index contributed by atoms with van der Waals surface area (Å²) in [5.41, 5.74) is 0. The lowest BCUT2D eigenvalue weighted by Gasteiger charge is -2.21. The molecule has 0 radical (unpaired) electrons. The minimum atomic E-state index is -4.94. The molecule has 0 saturated carbocycles. The van der Waals surface area contributed by atoms with Gasteiger partial charge in [0.15, 0.2) is 6.10 Å². The Morgan fingerprint density at radius 1 is 0.341 bits per heavy atom. The number of unbranched alkanes of at least 4 members (excludes halogenated alkanes) is 13. The monoisotopic (exact) mass is 1230 g/mol. The summed E-state index contributed by atoms with van der Waals surface area (Å²) >= 11 is 0. The van der Waals surface area contributed by atoms with Gasteiger partial charge in [-0.25, -0.2) is 9.13 Å². The molecule has 0 aromatic heterocycles. The van der Waals surface area contributed by atoms with E-state index in [0.717, 1.165) is 122 Å². The first-order chi connectivity index (χ1) is 41.2. The van der Waals surface area contributed by atoms with Crippen molar-refractivity contribution in [1.82, 2.24) is 0 Å². The Morgan fingerprint density at radius 2 is 0.635 bits per heavy atom. The standard InChI is InChI=1S/C67H110O16P2/c1-4-7-10-13-16-19-22-25-27-29-30-32-34-36-38-41-44-47-50-53-65(70)77-56-62(68)57-79-84(73,74)80-58-63(69)59-81-85(75,76)82-61-64(83-67(72)55-52-49-46-43-40-35-24-21-18-15-12-9-6-3)60-78-66(71)54-51-48-45-42-39-37-33-31-28-26-23-20-17-14-11-8-5-2/h7-8,10-11,16-17,19-21,24-28,30,32-33,36-38,42,45,62-64,68-69H,4-6,9,12-15,18,22-23,29,31,34-35,39-41,43-44,46-61H2,1-3H3,(H,73,74)(H,75,76)/b10-7-,11-8-,19-16-,20-17-,24-21-,27-25-,28-26-,32-30-,37-33-,38-36-,45-42-. The fourth-order valence-corrected chi connectivity index (χ4v) is 9.15. The van der Waals surface area contributed by atoms with Crippen LogP contribution in [0.1, 0.15) is 213 Å². The van der Waals surface area contributed by atoms with Crippen LogP contribution in [0.2, 0.25) is 0 Å². The molecule has 0 aliphatic carbocycles. The molecule has 5 atom stereocenters. The summed E-state index contributed by atoms with van der Waals surface area (Å²) < 4.78 is 60.6. The minimum Gasteiger partial charge on any atom is -0.463 e. The van der Waals surface area contributed by atoms with Crippen LogP contribution >= 0.6 is 15.6 Å². The number of ether oxygens (including phenoxy) is 3. The van der Waals surface area contributed by atoms with Crippen molar-refractivity contribution in [3.8, 4) is 0 Å². The summed E-state index contributed by atoms with van der Waals surface area (Å²) in [6.07, 6.45) is 68.1. The fraction of sp³-hybridized carbons (Fsp3) is 0.627. The van der Waals surface area contributed by atoms with Crippen LogP contribution in [0.5, 0.6) is 0 Å². The van der Waals surface area contributed by atoms with Gasteiger partial charge in [-0.1, -0.05) is 199 Å². The van der Waals surface area contributed by atoms with Gasteiger partial charge in [0.25, 0.3) is 0 Å². The van der Waals surface area contributed by atoms with Crippen molar-refractivity contribution in [2.24, 2.45) is 0 Å². The SMILES string of the molecule is CC/C=C\C/C=C\C/C=C\C/C=C\C/C=C\CCCCCC(=O)OCC(O)COP(=O)(O)OCC(O)COP(=O)(O)OCC(COC(=O)CCC/C=C\C/C=C\C/C=C\C/C=C\C/C=C\CC)OC(=O)CCCCCCC/C=C\CCCCCC. The van der Waals surface area contributed by atoms with Crippen molar-refractivity contribution in [3.05, 3.63) is 134 Å². The Labute approximate surface area is 512 Å². The lowest BCUT2D eigenvalue weighted by Crippen LogP contribution is -2.30. The predicted octanol–water partition coefficient (Wildman–Crippen LogP) is 16.9. The molecule has 0 heterocycles. The summed E-state index contributed by atoms with van der Waals surface area (Å²) in [4.78, 5) is 58.2. The average molecular weight is 1230 g/mol. The van der Waals surface area contributed by atoms with Gasteiger partial charge in [-0.05, 0) is 128 Å². The van der Waals surface area contributed by atoms with Crippen LogP contribution in [0, 0.1) is 0 Å². The van der Waals surface area contributed by atoms with Crippen LogP contribution in [-0.4, -0.2) is 95.9 Å². The van der Waals surface area contributed by atoms with E-state index in [1.165, 1.54) is 25.7 Å². The van der Waals surface area contributed by atoms with Gasteiger partial charge in [-0.15, -0.1) is 0 Å². The Kier molecular flexibility index (Phi) is 57.0. The van der Waals surface area contributed by atoms with Crippen LogP contribution in [-0.2, 0) is 55.8 Å². The smallest absolute Gasteiger partial charge is 0.463 e. The van der Waals surface area contributed by atoms with E-state index in [0.29, 0.717) is 25.7 Å². The number of phosphoric acid groups is 2. The van der Waals surface area contributed by atoms with Gasteiger partial charge in [-0.2, -0.15) is 0 Å². The summed E-state index contributed by atoms with van der Waals surface area (Å²) in [6, 6.07) is 0. The molecular weight excluding hydrogens is 1120 g/mol. The van der Waals surface area contributed by atoms with E-state index >= 15 is 0 Å². The molecule has 484 valence electrons. The third-order valence-electron chi connectivity index (χ3n) is 12.3. The van der Waals surface area contributed by atoms with Gasteiger partial charge in [0.1, 0.15) is 25.4 Å². The largest absolute Gasteiger partial charge is 0.472 e. The maximum Gasteiger partial charge on any atom is 0.472 e. The Hall–Kier alpha value is -4.31. The van der Waals surface area contributed by atoms with Gasteiger partial charge >= 0.3 is 33.6 Å². The predicted molar refractivity (Wildman–Crippen MR) is 343 cm³/mol. The molecule has 0 saturated heterocycles. The molecule has 0 aliphatic heterocycles. The number of hydrogen-bond donors (Lipinski definition) is 4. The van der Waals surface area contributed by atoms with Crippen molar-refractivity contribution in [3.63, 3.8) is 0 Å². The van der Waals surface area contributed by atoms with Crippen molar-refractivity contribution < 1.29 is 75.8 Å². The highest BCUT2D eigenvalue weighted by Crippen LogP contribution is 2.45. The summed E-state index contributed by atoms with van der Waals surface area (Å²) in [5.74, 6) is -1.70. The molecule has 0 aliphatic rings. The first kappa shape index (κ1) is 80.7. The molecule has 4 N–H and O–H groups in total. The average Bonchev–Trinajstić information content (AvgIpc) is 3.51. The number of carbonyl (C=O) groups is 3. The summed E-state index contributed by atoms with van der Waals surface area (Å²) in [5, 5.41) is 20.5. The topological polar surface area (TPSA) is 231 Å². The van der Waals surface area contributed by atoms with Gasteiger partial charge < -0.3 is 34.2 Å². The molecule has 0 amide bonds. The first-order valence-electron chi connectivity index (χ1n) is 31.5. The second-order valence-corrected chi connectivity index (χ2v) is 23.3. The van der Waals surface area contributed by atoms with E-state index in [1.807, 2.05) is 12.2 Å². The van der Waals surface area contributed by atoms with Gasteiger partial charge in [0.05, 0.1) is 26.4 Å². The van der Waals surface area contributed by atoms with Crippen molar-refractivity contribution in [2.45, 2.75) is 232 Å². The molecule has 0 spiro atoms. The fourth-order valence-electron chi connectivity index (χ4n) is 7.57. The number of phosphoric ester groups is 2.